The van der Waals surface area contributed by atoms with Crippen LogP contribution in [-0.4, -0.2) is 36.2 Å². The summed E-state index contributed by atoms with van der Waals surface area (Å²) in [6.07, 6.45) is -1.16. The van der Waals surface area contributed by atoms with Crippen molar-refractivity contribution in [1.29, 1.82) is 0 Å². The van der Waals surface area contributed by atoms with Crippen molar-refractivity contribution in [2.75, 3.05) is 25.6 Å². The second-order valence-corrected chi connectivity index (χ2v) is 5.28. The number of methoxy groups -OCH3 is 1. The molecule has 0 unspecified atom stereocenters. The van der Waals surface area contributed by atoms with Crippen molar-refractivity contribution in [3.05, 3.63) is 59.9 Å². The lowest BCUT2D eigenvalue weighted by Gasteiger charge is -2.23. The van der Waals surface area contributed by atoms with Gasteiger partial charge in [0.1, 0.15) is 0 Å². The highest BCUT2D eigenvalue weighted by Crippen LogP contribution is 2.29. The minimum Gasteiger partial charge on any atom is -0.383 e. The molecule has 0 aliphatic rings. The Morgan fingerprint density at radius 3 is 2.36 bits per heavy atom. The molecule has 0 atom stereocenters. The second-order valence-electron chi connectivity index (χ2n) is 5.28. The molecular formula is C17H18F3N3O2. The molecule has 2 amide bonds. The number of carbonyl (C=O) groups is 1. The van der Waals surface area contributed by atoms with E-state index < -0.39 is 17.8 Å². The lowest BCUT2D eigenvalue weighted by molar-refractivity contribution is -0.137. The van der Waals surface area contributed by atoms with E-state index in [9.17, 15) is 18.0 Å². The largest absolute Gasteiger partial charge is 0.416 e. The van der Waals surface area contributed by atoms with Gasteiger partial charge >= 0.3 is 12.2 Å². The number of anilines is 1. The summed E-state index contributed by atoms with van der Waals surface area (Å²) in [5, 5.41) is 2.60. The number of halogens is 3. The molecule has 1 aromatic heterocycles. The summed E-state index contributed by atoms with van der Waals surface area (Å²) in [6, 6.07) is 7.45. The van der Waals surface area contributed by atoms with E-state index in [1.165, 1.54) is 24.1 Å². The quantitative estimate of drug-likeness (QED) is 0.860. The van der Waals surface area contributed by atoms with Crippen molar-refractivity contribution in [1.82, 2.24) is 9.88 Å². The molecule has 0 aliphatic carbocycles. The number of pyridine rings is 1. The smallest absolute Gasteiger partial charge is 0.383 e. The van der Waals surface area contributed by atoms with Crippen LogP contribution in [0.1, 0.15) is 11.1 Å². The van der Waals surface area contributed by atoms with Gasteiger partial charge < -0.3 is 15.0 Å². The van der Waals surface area contributed by atoms with Crippen LogP contribution in [0.2, 0.25) is 0 Å². The van der Waals surface area contributed by atoms with E-state index in [1.54, 1.807) is 24.5 Å². The molecule has 2 aromatic rings. The van der Waals surface area contributed by atoms with Crippen molar-refractivity contribution in [3.8, 4) is 0 Å². The lowest BCUT2D eigenvalue weighted by atomic mass is 10.2. The Morgan fingerprint density at radius 2 is 1.80 bits per heavy atom. The number of nitrogens with one attached hydrogen (secondary N) is 1. The van der Waals surface area contributed by atoms with Gasteiger partial charge in [-0.2, -0.15) is 13.2 Å². The first kappa shape index (κ1) is 18.7. The minimum atomic E-state index is -4.41. The fourth-order valence-corrected chi connectivity index (χ4v) is 2.11. The van der Waals surface area contributed by atoms with E-state index in [2.05, 4.69) is 10.3 Å². The zero-order chi connectivity index (χ0) is 18.3. The van der Waals surface area contributed by atoms with E-state index in [-0.39, 0.29) is 5.69 Å². The predicted octanol–water partition coefficient (Wildman–Crippen LogP) is 3.78. The summed E-state index contributed by atoms with van der Waals surface area (Å²) in [7, 11) is 1.53. The van der Waals surface area contributed by atoms with Crippen molar-refractivity contribution in [3.63, 3.8) is 0 Å². The number of ether oxygens (including phenoxy) is 1. The average Bonchev–Trinajstić information content (AvgIpc) is 2.59. The molecule has 8 heteroatoms. The van der Waals surface area contributed by atoms with Crippen molar-refractivity contribution in [2.45, 2.75) is 12.7 Å². The van der Waals surface area contributed by atoms with Gasteiger partial charge in [-0.1, -0.05) is 0 Å². The first-order chi connectivity index (χ1) is 11.9. The third-order valence-electron chi connectivity index (χ3n) is 3.44. The summed E-state index contributed by atoms with van der Waals surface area (Å²) in [5.74, 6) is 0. The number of amides is 2. The number of rotatable bonds is 6. The van der Waals surface area contributed by atoms with Gasteiger partial charge in [0.25, 0.3) is 0 Å². The second kappa shape index (κ2) is 8.48. The number of nitrogens with zero attached hydrogens (tertiary/aromatic N) is 2. The first-order valence-corrected chi connectivity index (χ1v) is 7.51. The standard InChI is InChI=1S/C17H18F3N3O2/c1-25-11-10-23(12-13-6-8-21-9-7-13)16(24)22-15-4-2-14(3-5-15)17(18,19)20/h2-9H,10-12H2,1H3,(H,22,24). The van der Waals surface area contributed by atoms with Crippen LogP contribution in [0, 0.1) is 0 Å². The summed E-state index contributed by atoms with van der Waals surface area (Å²) in [4.78, 5) is 17.9. The molecule has 134 valence electrons. The average molecular weight is 353 g/mol. The molecule has 0 aliphatic heterocycles. The number of carbonyl (C=O) groups excluding carboxylic acids is 1. The van der Waals surface area contributed by atoms with Crippen LogP contribution >= 0.6 is 0 Å². The fourth-order valence-electron chi connectivity index (χ4n) is 2.11. The van der Waals surface area contributed by atoms with Crippen molar-refractivity contribution in [2.24, 2.45) is 0 Å². The Kier molecular flexibility index (Phi) is 6.35. The van der Waals surface area contributed by atoms with Gasteiger partial charge in [0.05, 0.1) is 12.2 Å². The van der Waals surface area contributed by atoms with Crippen LogP contribution in [0.3, 0.4) is 0 Å². The summed E-state index contributed by atoms with van der Waals surface area (Å²) in [5.41, 5.74) is 0.405. The van der Waals surface area contributed by atoms with Crippen LogP contribution in [0.4, 0.5) is 23.7 Å². The molecule has 1 heterocycles. The molecule has 25 heavy (non-hydrogen) atoms. The fraction of sp³-hybridized carbons (Fsp3) is 0.294. The molecule has 5 nitrogen and oxygen atoms in total. The van der Waals surface area contributed by atoms with Gasteiger partial charge in [0, 0.05) is 38.3 Å². The number of aromatic nitrogens is 1. The predicted molar refractivity (Wildman–Crippen MR) is 87.0 cm³/mol. The normalized spacial score (nSPS) is 11.2. The van der Waals surface area contributed by atoms with Gasteiger partial charge in [-0.15, -0.1) is 0 Å². The Hall–Kier alpha value is -2.61. The topological polar surface area (TPSA) is 54.5 Å². The Balaban J connectivity index is 2.05. The van der Waals surface area contributed by atoms with E-state index >= 15 is 0 Å². The van der Waals surface area contributed by atoms with Crippen LogP contribution in [0.5, 0.6) is 0 Å². The molecule has 1 N–H and O–H groups in total. The molecule has 0 saturated carbocycles. The molecule has 0 saturated heterocycles. The molecule has 0 bridgehead atoms. The van der Waals surface area contributed by atoms with E-state index in [0.29, 0.717) is 19.7 Å². The van der Waals surface area contributed by atoms with E-state index in [4.69, 9.17) is 4.74 Å². The van der Waals surface area contributed by atoms with Crippen molar-refractivity contribution >= 4 is 11.7 Å². The number of hydrogen-bond donors (Lipinski definition) is 1. The van der Waals surface area contributed by atoms with Crippen LogP contribution in [0.15, 0.2) is 48.8 Å². The number of benzene rings is 1. The highest BCUT2D eigenvalue weighted by Gasteiger charge is 2.30. The molecular weight excluding hydrogens is 335 g/mol. The van der Waals surface area contributed by atoms with Crippen molar-refractivity contribution < 1.29 is 22.7 Å². The van der Waals surface area contributed by atoms with Gasteiger partial charge in [-0.25, -0.2) is 4.79 Å². The van der Waals surface area contributed by atoms with E-state index in [1.807, 2.05) is 0 Å². The minimum absolute atomic E-state index is 0.287. The molecule has 0 fully saturated rings. The third-order valence-corrected chi connectivity index (χ3v) is 3.44. The molecule has 0 spiro atoms. The number of hydrogen-bond acceptors (Lipinski definition) is 3. The summed E-state index contributed by atoms with van der Waals surface area (Å²) >= 11 is 0. The highest BCUT2D eigenvalue weighted by molar-refractivity contribution is 5.89. The lowest BCUT2D eigenvalue weighted by Crippen LogP contribution is -2.36. The first-order valence-electron chi connectivity index (χ1n) is 7.51. The molecule has 0 radical (unpaired) electrons. The number of alkyl halides is 3. The van der Waals surface area contributed by atoms with Gasteiger partial charge in [-0.3, -0.25) is 4.98 Å². The number of urea groups is 1. The Bertz CT molecular complexity index is 676. The van der Waals surface area contributed by atoms with E-state index in [0.717, 1.165) is 17.7 Å². The van der Waals surface area contributed by atoms with Gasteiger partial charge in [-0.05, 0) is 42.0 Å². The maximum absolute atomic E-state index is 12.6. The third kappa shape index (κ3) is 5.75. The van der Waals surface area contributed by atoms with Crippen LogP contribution in [0.25, 0.3) is 0 Å². The Morgan fingerprint density at radius 1 is 1.16 bits per heavy atom. The summed E-state index contributed by atoms with van der Waals surface area (Å²) < 4.78 is 42.7. The molecule has 1 aromatic carbocycles. The zero-order valence-electron chi connectivity index (χ0n) is 13.6. The molecule has 2 rings (SSSR count). The monoisotopic (exact) mass is 353 g/mol. The van der Waals surface area contributed by atoms with Crippen LogP contribution in [-0.2, 0) is 17.5 Å². The maximum Gasteiger partial charge on any atom is 0.416 e. The zero-order valence-corrected chi connectivity index (χ0v) is 13.6. The van der Waals surface area contributed by atoms with Gasteiger partial charge in [0.2, 0.25) is 0 Å². The summed E-state index contributed by atoms with van der Waals surface area (Å²) in [6.45, 7) is 1.01. The maximum atomic E-state index is 12.6. The SMILES string of the molecule is COCCN(Cc1ccncc1)C(=O)Nc1ccc(C(F)(F)F)cc1. The Labute approximate surface area is 143 Å². The highest BCUT2D eigenvalue weighted by atomic mass is 19.4. The van der Waals surface area contributed by atoms with Crippen LogP contribution < -0.4 is 5.32 Å². The van der Waals surface area contributed by atoms with Gasteiger partial charge in [0.15, 0.2) is 0 Å².